The van der Waals surface area contributed by atoms with Gasteiger partial charge in [-0.2, -0.15) is 0 Å². The monoisotopic (exact) mass is 281 g/mol. The van der Waals surface area contributed by atoms with Gasteiger partial charge in [-0.25, -0.2) is 8.42 Å². The van der Waals surface area contributed by atoms with Gasteiger partial charge in [0.05, 0.1) is 23.7 Å². The van der Waals surface area contributed by atoms with Gasteiger partial charge in [-0.15, -0.1) is 0 Å². The highest BCUT2D eigenvalue weighted by atomic mass is 32.2. The first-order valence-electron chi connectivity index (χ1n) is 6.71. The second kappa shape index (κ2) is 4.49. The standard InChI is InChI=1S/C14H19NO3S/c1-10-4-5-12-11(7-10)3-2-6-15(12)13-8-19(17,18)9-14(13)16/h4-5,7,13-14,16H,2-3,6,8-9H2,1H3. The summed E-state index contributed by atoms with van der Waals surface area (Å²) < 4.78 is 23.3. The van der Waals surface area contributed by atoms with E-state index >= 15 is 0 Å². The molecule has 2 aliphatic rings. The Morgan fingerprint density at radius 3 is 2.79 bits per heavy atom. The minimum Gasteiger partial charge on any atom is -0.390 e. The first-order chi connectivity index (χ1) is 8.96. The molecule has 104 valence electrons. The van der Waals surface area contributed by atoms with Crippen molar-refractivity contribution in [3.8, 4) is 0 Å². The van der Waals surface area contributed by atoms with Crippen LogP contribution in [-0.2, 0) is 16.3 Å². The minimum atomic E-state index is -3.10. The van der Waals surface area contributed by atoms with Crippen LogP contribution in [0, 0.1) is 6.92 Å². The summed E-state index contributed by atoms with van der Waals surface area (Å²) in [6.07, 6.45) is 1.28. The van der Waals surface area contributed by atoms with Crippen molar-refractivity contribution in [1.29, 1.82) is 0 Å². The van der Waals surface area contributed by atoms with Crippen molar-refractivity contribution in [2.24, 2.45) is 0 Å². The summed E-state index contributed by atoms with van der Waals surface area (Å²) in [7, 11) is -3.10. The molecule has 4 nitrogen and oxygen atoms in total. The second-order valence-corrected chi connectivity index (χ2v) is 7.79. The topological polar surface area (TPSA) is 57.6 Å². The molecule has 0 bridgehead atoms. The third kappa shape index (κ3) is 2.37. The predicted molar refractivity (Wildman–Crippen MR) is 75.3 cm³/mol. The predicted octanol–water partition coefficient (Wildman–Crippen LogP) is 0.906. The lowest BCUT2D eigenvalue weighted by atomic mass is 9.97. The Kier molecular flexibility index (Phi) is 3.06. The molecule has 0 amide bonds. The Balaban J connectivity index is 1.96. The number of fused-ring (bicyclic) bond motifs is 1. The number of anilines is 1. The number of hydrogen-bond acceptors (Lipinski definition) is 4. The van der Waals surface area contributed by atoms with Crippen LogP contribution in [0.5, 0.6) is 0 Å². The SMILES string of the molecule is Cc1ccc2c(c1)CCCN2C1CS(=O)(=O)CC1O. The maximum absolute atomic E-state index is 11.7. The third-order valence-corrected chi connectivity index (χ3v) is 5.78. The van der Waals surface area contributed by atoms with Crippen LogP contribution in [-0.4, -0.2) is 43.7 Å². The van der Waals surface area contributed by atoms with Gasteiger partial charge in [0.15, 0.2) is 9.84 Å². The maximum Gasteiger partial charge on any atom is 0.155 e. The largest absolute Gasteiger partial charge is 0.390 e. The van der Waals surface area contributed by atoms with E-state index in [0.29, 0.717) is 0 Å². The van der Waals surface area contributed by atoms with Gasteiger partial charge in [-0.1, -0.05) is 17.7 Å². The van der Waals surface area contributed by atoms with Crippen LogP contribution in [0.25, 0.3) is 0 Å². The molecule has 0 saturated carbocycles. The molecule has 2 atom stereocenters. The number of aliphatic hydroxyl groups is 1. The van der Waals surface area contributed by atoms with E-state index in [1.807, 2.05) is 6.07 Å². The number of sulfone groups is 1. The molecule has 0 aliphatic carbocycles. The molecule has 0 spiro atoms. The smallest absolute Gasteiger partial charge is 0.155 e. The number of aliphatic hydroxyl groups excluding tert-OH is 1. The van der Waals surface area contributed by atoms with Gasteiger partial charge in [-0.05, 0) is 31.4 Å². The molecule has 1 aromatic carbocycles. The van der Waals surface area contributed by atoms with Gasteiger partial charge in [0.25, 0.3) is 0 Å². The van der Waals surface area contributed by atoms with E-state index in [9.17, 15) is 13.5 Å². The average molecular weight is 281 g/mol. The third-order valence-electron chi connectivity index (χ3n) is 4.08. The van der Waals surface area contributed by atoms with Crippen LogP contribution in [0.3, 0.4) is 0 Å². The van der Waals surface area contributed by atoms with Gasteiger partial charge in [0.2, 0.25) is 0 Å². The van der Waals surface area contributed by atoms with Crippen molar-refractivity contribution < 1.29 is 13.5 Å². The van der Waals surface area contributed by atoms with Gasteiger partial charge in [0.1, 0.15) is 0 Å². The van der Waals surface area contributed by atoms with Crippen molar-refractivity contribution in [2.75, 3.05) is 23.0 Å². The van der Waals surface area contributed by atoms with Crippen LogP contribution in [0.15, 0.2) is 18.2 Å². The molecule has 2 aliphatic heterocycles. The fourth-order valence-corrected chi connectivity index (χ4v) is 5.01. The fourth-order valence-electron chi connectivity index (χ4n) is 3.21. The highest BCUT2D eigenvalue weighted by molar-refractivity contribution is 7.91. The summed E-state index contributed by atoms with van der Waals surface area (Å²) in [5.74, 6) is -0.0309. The van der Waals surface area contributed by atoms with Crippen LogP contribution >= 0.6 is 0 Å². The molecule has 3 rings (SSSR count). The molecule has 0 radical (unpaired) electrons. The van der Waals surface area contributed by atoms with Crippen molar-refractivity contribution in [2.45, 2.75) is 31.9 Å². The van der Waals surface area contributed by atoms with Crippen LogP contribution in [0.1, 0.15) is 17.5 Å². The van der Waals surface area contributed by atoms with E-state index in [1.54, 1.807) is 0 Å². The maximum atomic E-state index is 11.7. The lowest BCUT2D eigenvalue weighted by Crippen LogP contribution is -2.45. The van der Waals surface area contributed by atoms with E-state index in [-0.39, 0.29) is 17.5 Å². The van der Waals surface area contributed by atoms with E-state index in [1.165, 1.54) is 11.1 Å². The Hall–Kier alpha value is -1.07. The van der Waals surface area contributed by atoms with E-state index in [2.05, 4.69) is 24.0 Å². The number of benzene rings is 1. The Labute approximate surface area is 114 Å². The zero-order valence-corrected chi connectivity index (χ0v) is 11.9. The molecule has 1 fully saturated rings. The summed E-state index contributed by atoms with van der Waals surface area (Å²) in [5.41, 5.74) is 3.58. The second-order valence-electron chi connectivity index (χ2n) is 5.64. The molecule has 0 aromatic heterocycles. The van der Waals surface area contributed by atoms with E-state index in [0.717, 1.165) is 25.1 Å². The Morgan fingerprint density at radius 2 is 2.11 bits per heavy atom. The summed E-state index contributed by atoms with van der Waals surface area (Å²) in [4.78, 5) is 2.09. The first kappa shape index (κ1) is 12.9. The highest BCUT2D eigenvalue weighted by Gasteiger charge is 2.41. The summed E-state index contributed by atoms with van der Waals surface area (Å²) in [6, 6.07) is 5.98. The summed E-state index contributed by atoms with van der Waals surface area (Å²) in [6.45, 7) is 2.89. The molecule has 1 aromatic rings. The van der Waals surface area contributed by atoms with Crippen LogP contribution < -0.4 is 4.90 Å². The van der Waals surface area contributed by atoms with Crippen LogP contribution in [0.4, 0.5) is 5.69 Å². The molecular formula is C14H19NO3S. The highest BCUT2D eigenvalue weighted by Crippen LogP contribution is 2.32. The molecule has 19 heavy (non-hydrogen) atoms. The fraction of sp³-hybridized carbons (Fsp3) is 0.571. The van der Waals surface area contributed by atoms with Crippen molar-refractivity contribution >= 4 is 15.5 Å². The average Bonchev–Trinajstić information content (AvgIpc) is 2.61. The summed E-state index contributed by atoms with van der Waals surface area (Å²) >= 11 is 0. The summed E-state index contributed by atoms with van der Waals surface area (Å²) in [5, 5.41) is 10.0. The molecule has 5 heteroatoms. The quantitative estimate of drug-likeness (QED) is 0.831. The Bertz CT molecular complexity index is 597. The molecule has 2 heterocycles. The number of rotatable bonds is 1. The lowest BCUT2D eigenvalue weighted by Gasteiger charge is -2.37. The Morgan fingerprint density at radius 1 is 1.32 bits per heavy atom. The zero-order chi connectivity index (χ0) is 13.6. The van der Waals surface area contributed by atoms with Gasteiger partial charge in [-0.3, -0.25) is 0 Å². The zero-order valence-electron chi connectivity index (χ0n) is 11.0. The number of nitrogens with zero attached hydrogens (tertiary/aromatic N) is 1. The molecule has 1 saturated heterocycles. The molecule has 2 unspecified atom stereocenters. The van der Waals surface area contributed by atoms with Gasteiger partial charge in [0, 0.05) is 12.2 Å². The molecule has 1 N–H and O–H groups in total. The van der Waals surface area contributed by atoms with E-state index < -0.39 is 15.9 Å². The molecular weight excluding hydrogens is 262 g/mol. The minimum absolute atomic E-state index is 0.0709. The van der Waals surface area contributed by atoms with Gasteiger partial charge < -0.3 is 10.0 Å². The van der Waals surface area contributed by atoms with Crippen molar-refractivity contribution in [3.63, 3.8) is 0 Å². The number of aryl methyl sites for hydroxylation is 2. The van der Waals surface area contributed by atoms with E-state index in [4.69, 9.17) is 0 Å². The van der Waals surface area contributed by atoms with Gasteiger partial charge >= 0.3 is 0 Å². The van der Waals surface area contributed by atoms with Crippen molar-refractivity contribution in [3.05, 3.63) is 29.3 Å². The number of hydrogen-bond donors (Lipinski definition) is 1. The first-order valence-corrected chi connectivity index (χ1v) is 8.53. The van der Waals surface area contributed by atoms with Crippen LogP contribution in [0.2, 0.25) is 0 Å². The normalized spacial score (nSPS) is 29.3. The van der Waals surface area contributed by atoms with Crippen molar-refractivity contribution in [1.82, 2.24) is 0 Å². The lowest BCUT2D eigenvalue weighted by molar-refractivity contribution is 0.177.